The Hall–Kier alpha value is -2.34. The van der Waals surface area contributed by atoms with Crippen LogP contribution in [0.25, 0.3) is 0 Å². The minimum absolute atomic E-state index is 0.00859. The number of methoxy groups -OCH3 is 1. The minimum Gasteiger partial charge on any atom is -0.468 e. The molecule has 0 heterocycles. The van der Waals surface area contributed by atoms with Crippen molar-refractivity contribution in [3.8, 4) is 0 Å². The second-order valence-electron chi connectivity index (χ2n) is 5.30. The van der Waals surface area contributed by atoms with E-state index in [9.17, 15) is 18.0 Å². The van der Waals surface area contributed by atoms with Crippen LogP contribution < -0.4 is 5.32 Å². The Morgan fingerprint density at radius 3 is 2.08 bits per heavy atom. The molecule has 0 unspecified atom stereocenters. The van der Waals surface area contributed by atoms with E-state index in [1.807, 2.05) is 0 Å². The van der Waals surface area contributed by atoms with E-state index >= 15 is 0 Å². The quantitative estimate of drug-likeness (QED) is 0.818. The van der Waals surface area contributed by atoms with Gasteiger partial charge in [0.1, 0.15) is 12.0 Å². The Balaban J connectivity index is 2.30. The van der Waals surface area contributed by atoms with Crippen molar-refractivity contribution in [3.63, 3.8) is 0 Å². The SMILES string of the molecule is COC(=O)[C@H](c1ccccc1)[C@H](NCc1ccccc1)C(F)(F)F. The highest BCUT2D eigenvalue weighted by atomic mass is 19.4. The lowest BCUT2D eigenvalue weighted by Crippen LogP contribution is -2.49. The van der Waals surface area contributed by atoms with Crippen LogP contribution in [0.4, 0.5) is 13.2 Å². The lowest BCUT2D eigenvalue weighted by atomic mass is 9.90. The molecule has 24 heavy (non-hydrogen) atoms. The Labute approximate surface area is 138 Å². The van der Waals surface area contributed by atoms with E-state index in [2.05, 4.69) is 10.1 Å². The fourth-order valence-corrected chi connectivity index (χ4v) is 2.50. The molecule has 1 N–H and O–H groups in total. The van der Waals surface area contributed by atoms with Gasteiger partial charge < -0.3 is 10.1 Å². The zero-order chi connectivity index (χ0) is 17.6. The van der Waals surface area contributed by atoms with Crippen molar-refractivity contribution >= 4 is 5.97 Å². The number of hydrogen-bond donors (Lipinski definition) is 1. The standard InChI is InChI=1S/C18H18F3NO2/c1-24-17(23)15(14-10-6-3-7-11-14)16(18(19,20)21)22-12-13-8-4-2-5-9-13/h2-11,15-16,22H,12H2,1H3/t15-,16+/m1/s1. The molecule has 0 fully saturated rings. The van der Waals surface area contributed by atoms with Crippen LogP contribution in [0.1, 0.15) is 17.0 Å². The number of benzene rings is 2. The molecule has 2 aromatic carbocycles. The summed E-state index contributed by atoms with van der Waals surface area (Å²) >= 11 is 0. The van der Waals surface area contributed by atoms with E-state index in [1.165, 1.54) is 12.1 Å². The molecule has 2 atom stereocenters. The molecule has 0 aliphatic carbocycles. The maximum Gasteiger partial charge on any atom is 0.405 e. The van der Waals surface area contributed by atoms with Crippen LogP contribution >= 0.6 is 0 Å². The zero-order valence-electron chi connectivity index (χ0n) is 13.1. The number of halogens is 3. The third kappa shape index (κ3) is 4.58. The molecule has 0 radical (unpaired) electrons. The van der Waals surface area contributed by atoms with Crippen molar-refractivity contribution in [1.82, 2.24) is 5.32 Å². The van der Waals surface area contributed by atoms with Crippen LogP contribution in [0.5, 0.6) is 0 Å². The van der Waals surface area contributed by atoms with Crippen molar-refractivity contribution in [2.24, 2.45) is 0 Å². The van der Waals surface area contributed by atoms with Crippen LogP contribution in [-0.2, 0) is 16.1 Å². The van der Waals surface area contributed by atoms with Crippen LogP contribution in [0.15, 0.2) is 60.7 Å². The summed E-state index contributed by atoms with van der Waals surface area (Å²) in [6.45, 7) is -0.00859. The second-order valence-corrected chi connectivity index (χ2v) is 5.30. The maximum atomic E-state index is 13.6. The van der Waals surface area contributed by atoms with Gasteiger partial charge in [-0.25, -0.2) is 0 Å². The molecule has 0 saturated carbocycles. The Kier molecular flexibility index (Phi) is 5.98. The van der Waals surface area contributed by atoms with E-state index in [-0.39, 0.29) is 12.1 Å². The van der Waals surface area contributed by atoms with Crippen LogP contribution in [0.3, 0.4) is 0 Å². The van der Waals surface area contributed by atoms with E-state index in [4.69, 9.17) is 0 Å². The molecule has 0 saturated heterocycles. The van der Waals surface area contributed by atoms with Crippen LogP contribution in [0.2, 0.25) is 0 Å². The first-order chi connectivity index (χ1) is 11.4. The predicted octanol–water partition coefficient (Wildman–Crippen LogP) is 3.66. The molecule has 0 amide bonds. The Morgan fingerprint density at radius 2 is 1.58 bits per heavy atom. The minimum atomic E-state index is -4.61. The highest BCUT2D eigenvalue weighted by Gasteiger charge is 2.48. The molecule has 0 aliphatic heterocycles. The summed E-state index contributed by atoms with van der Waals surface area (Å²) in [6, 6.07) is 14.5. The van der Waals surface area contributed by atoms with Gasteiger partial charge in [0.2, 0.25) is 0 Å². The normalized spacial score (nSPS) is 14.0. The molecule has 0 aliphatic rings. The molecule has 2 aromatic rings. The number of nitrogens with one attached hydrogen (secondary N) is 1. The maximum absolute atomic E-state index is 13.6. The average Bonchev–Trinajstić information content (AvgIpc) is 2.58. The molecule has 2 rings (SSSR count). The summed E-state index contributed by atoms with van der Waals surface area (Å²) < 4.78 is 45.4. The van der Waals surface area contributed by atoms with Gasteiger partial charge in [-0.05, 0) is 11.1 Å². The lowest BCUT2D eigenvalue weighted by Gasteiger charge is -2.28. The number of hydrogen-bond acceptors (Lipinski definition) is 3. The average molecular weight is 337 g/mol. The Morgan fingerprint density at radius 1 is 1.04 bits per heavy atom. The molecular weight excluding hydrogens is 319 g/mol. The number of carbonyl (C=O) groups excluding carboxylic acids is 1. The van der Waals surface area contributed by atoms with Gasteiger partial charge in [-0.2, -0.15) is 13.2 Å². The summed E-state index contributed by atoms with van der Waals surface area (Å²) in [5, 5.41) is 2.46. The molecule has 0 spiro atoms. The summed E-state index contributed by atoms with van der Waals surface area (Å²) in [7, 11) is 1.09. The number of alkyl halides is 3. The lowest BCUT2D eigenvalue weighted by molar-refractivity contribution is -0.173. The third-order valence-electron chi connectivity index (χ3n) is 3.67. The van der Waals surface area contributed by atoms with Gasteiger partial charge in [0.25, 0.3) is 0 Å². The molecule has 3 nitrogen and oxygen atoms in total. The predicted molar refractivity (Wildman–Crippen MR) is 84.3 cm³/mol. The topological polar surface area (TPSA) is 38.3 Å². The second kappa shape index (κ2) is 7.97. The van der Waals surface area contributed by atoms with Crippen molar-refractivity contribution in [3.05, 3.63) is 71.8 Å². The first kappa shape index (κ1) is 18.0. The third-order valence-corrected chi connectivity index (χ3v) is 3.67. The van der Waals surface area contributed by atoms with Crippen molar-refractivity contribution in [1.29, 1.82) is 0 Å². The highest BCUT2D eigenvalue weighted by molar-refractivity contribution is 5.79. The van der Waals surface area contributed by atoms with Gasteiger partial charge >= 0.3 is 12.1 Å². The first-order valence-electron chi connectivity index (χ1n) is 7.40. The van der Waals surface area contributed by atoms with Crippen molar-refractivity contribution < 1.29 is 22.7 Å². The van der Waals surface area contributed by atoms with Crippen molar-refractivity contribution in [2.45, 2.75) is 24.7 Å². The molecule has 128 valence electrons. The van der Waals surface area contributed by atoms with Gasteiger partial charge in [-0.15, -0.1) is 0 Å². The number of esters is 1. The fraction of sp³-hybridized carbons (Fsp3) is 0.278. The van der Waals surface area contributed by atoms with E-state index in [0.29, 0.717) is 5.56 Å². The van der Waals surface area contributed by atoms with Gasteiger partial charge in [0, 0.05) is 6.54 Å². The van der Waals surface area contributed by atoms with Gasteiger partial charge in [0.05, 0.1) is 7.11 Å². The van der Waals surface area contributed by atoms with E-state index in [1.54, 1.807) is 48.5 Å². The van der Waals surface area contributed by atoms with Crippen molar-refractivity contribution in [2.75, 3.05) is 7.11 Å². The van der Waals surface area contributed by atoms with Gasteiger partial charge in [0.15, 0.2) is 0 Å². The van der Waals surface area contributed by atoms with E-state index in [0.717, 1.165) is 7.11 Å². The highest BCUT2D eigenvalue weighted by Crippen LogP contribution is 2.33. The summed E-state index contributed by atoms with van der Waals surface area (Å²) in [5.74, 6) is -2.40. The fourth-order valence-electron chi connectivity index (χ4n) is 2.50. The van der Waals surface area contributed by atoms with Crippen LogP contribution in [-0.4, -0.2) is 25.3 Å². The number of carbonyl (C=O) groups is 1. The largest absolute Gasteiger partial charge is 0.468 e. The first-order valence-corrected chi connectivity index (χ1v) is 7.40. The Bertz CT molecular complexity index is 644. The summed E-state index contributed by atoms with van der Waals surface area (Å²) in [4.78, 5) is 12.0. The number of rotatable bonds is 6. The molecule has 0 bridgehead atoms. The van der Waals surface area contributed by atoms with E-state index < -0.39 is 24.1 Å². The molecule has 6 heteroatoms. The van der Waals surface area contributed by atoms with Crippen LogP contribution in [0, 0.1) is 0 Å². The smallest absolute Gasteiger partial charge is 0.405 e. The van der Waals surface area contributed by atoms with Gasteiger partial charge in [-0.3, -0.25) is 4.79 Å². The zero-order valence-corrected chi connectivity index (χ0v) is 13.1. The number of ether oxygens (including phenoxy) is 1. The monoisotopic (exact) mass is 337 g/mol. The van der Waals surface area contributed by atoms with Gasteiger partial charge in [-0.1, -0.05) is 60.7 Å². The molecule has 0 aromatic heterocycles. The summed E-state index contributed by atoms with van der Waals surface area (Å²) in [5.41, 5.74) is 0.954. The molecular formula is C18H18F3NO2. The summed E-state index contributed by atoms with van der Waals surface area (Å²) in [6.07, 6.45) is -4.61.